The van der Waals surface area contributed by atoms with Gasteiger partial charge in [-0.25, -0.2) is 9.37 Å². The van der Waals surface area contributed by atoms with Crippen LogP contribution in [0.2, 0.25) is 0 Å². The molecule has 0 radical (unpaired) electrons. The first kappa shape index (κ1) is 12.0. The Hall–Kier alpha value is -1.46. The number of rotatable bonds is 4. The van der Waals surface area contributed by atoms with E-state index in [1.165, 1.54) is 6.07 Å². The average Bonchev–Trinajstić information content (AvgIpc) is 2.78. The fourth-order valence-corrected chi connectivity index (χ4v) is 2.43. The summed E-state index contributed by atoms with van der Waals surface area (Å²) in [6, 6.07) is 6.69. The predicted molar refractivity (Wildman–Crippen MR) is 69.3 cm³/mol. The van der Waals surface area contributed by atoms with Crippen LogP contribution < -0.4 is 10.2 Å². The van der Waals surface area contributed by atoms with Crippen LogP contribution >= 0.6 is 11.3 Å². The fourth-order valence-electron chi connectivity index (χ4n) is 1.53. The summed E-state index contributed by atoms with van der Waals surface area (Å²) in [6.45, 7) is 0.781. The molecule has 1 aromatic heterocycles. The molecule has 0 aliphatic rings. The molecule has 3 nitrogen and oxygen atoms in total. The number of thiazole rings is 1. The second-order valence-electron chi connectivity index (χ2n) is 3.65. The second kappa shape index (κ2) is 5.25. The van der Waals surface area contributed by atoms with E-state index in [4.69, 9.17) is 0 Å². The third-order valence-corrected chi connectivity index (χ3v) is 3.47. The maximum atomic E-state index is 13.6. The van der Waals surface area contributed by atoms with Gasteiger partial charge in [-0.05, 0) is 19.2 Å². The van der Waals surface area contributed by atoms with Crippen LogP contribution in [0.4, 0.5) is 15.2 Å². The lowest BCUT2D eigenvalue weighted by atomic mass is 10.3. The van der Waals surface area contributed by atoms with E-state index in [9.17, 15) is 4.39 Å². The molecule has 2 rings (SSSR count). The molecule has 0 aliphatic carbocycles. The molecule has 90 valence electrons. The third kappa shape index (κ3) is 2.62. The van der Waals surface area contributed by atoms with Crippen molar-refractivity contribution in [2.24, 2.45) is 0 Å². The number of halogens is 1. The molecule has 2 aromatic rings. The van der Waals surface area contributed by atoms with Gasteiger partial charge in [-0.1, -0.05) is 12.1 Å². The Bertz CT molecular complexity index is 498. The third-order valence-electron chi connectivity index (χ3n) is 2.39. The first-order valence-corrected chi connectivity index (χ1v) is 6.11. The number of anilines is 2. The van der Waals surface area contributed by atoms with Gasteiger partial charge in [0.05, 0.1) is 5.69 Å². The van der Waals surface area contributed by atoms with Crippen LogP contribution in [0.1, 0.15) is 4.88 Å². The molecule has 0 saturated heterocycles. The highest BCUT2D eigenvalue weighted by atomic mass is 32.1. The minimum atomic E-state index is -0.236. The summed E-state index contributed by atoms with van der Waals surface area (Å²) in [6.07, 6.45) is 1.81. The van der Waals surface area contributed by atoms with Gasteiger partial charge in [0.2, 0.25) is 0 Å². The topological polar surface area (TPSA) is 28.2 Å². The van der Waals surface area contributed by atoms with Gasteiger partial charge in [-0.2, -0.15) is 0 Å². The van der Waals surface area contributed by atoms with Crippen LogP contribution in [0.25, 0.3) is 0 Å². The van der Waals surface area contributed by atoms with Crippen molar-refractivity contribution in [2.45, 2.75) is 6.54 Å². The normalized spacial score (nSPS) is 10.5. The van der Waals surface area contributed by atoms with Crippen LogP contribution in [-0.2, 0) is 6.54 Å². The second-order valence-corrected chi connectivity index (χ2v) is 4.74. The molecular weight excluding hydrogens is 237 g/mol. The van der Waals surface area contributed by atoms with E-state index in [-0.39, 0.29) is 5.82 Å². The van der Waals surface area contributed by atoms with Crippen molar-refractivity contribution >= 4 is 22.2 Å². The number of benzene rings is 1. The number of nitrogens with one attached hydrogen (secondary N) is 1. The van der Waals surface area contributed by atoms with Crippen molar-refractivity contribution in [2.75, 3.05) is 19.0 Å². The van der Waals surface area contributed by atoms with Crippen molar-refractivity contribution < 1.29 is 4.39 Å². The number of hydrogen-bond donors (Lipinski definition) is 1. The van der Waals surface area contributed by atoms with Gasteiger partial charge in [0.15, 0.2) is 5.13 Å². The van der Waals surface area contributed by atoms with Gasteiger partial charge < -0.3 is 10.2 Å². The molecule has 17 heavy (non-hydrogen) atoms. The molecule has 5 heteroatoms. The SMILES string of the molecule is CNCc1cnc(N(C)c2ccccc2F)s1. The standard InChI is InChI=1S/C12H14FN3S/c1-14-7-9-8-15-12(17-9)16(2)11-6-4-3-5-10(11)13/h3-6,8,14H,7H2,1-2H3. The Labute approximate surface area is 104 Å². The largest absolute Gasteiger partial charge is 0.318 e. The van der Waals surface area contributed by atoms with Crippen molar-refractivity contribution in [1.82, 2.24) is 10.3 Å². The first-order valence-electron chi connectivity index (χ1n) is 5.30. The Morgan fingerprint density at radius 2 is 2.18 bits per heavy atom. The molecule has 1 heterocycles. The maximum Gasteiger partial charge on any atom is 0.189 e. The average molecular weight is 251 g/mol. The summed E-state index contributed by atoms with van der Waals surface area (Å²) in [5, 5.41) is 3.86. The molecule has 1 N–H and O–H groups in total. The van der Waals surface area contributed by atoms with Gasteiger partial charge in [-0.3, -0.25) is 0 Å². The Morgan fingerprint density at radius 1 is 1.41 bits per heavy atom. The molecule has 0 atom stereocenters. The lowest BCUT2D eigenvalue weighted by Crippen LogP contribution is -2.10. The van der Waals surface area contributed by atoms with Crippen molar-refractivity contribution in [3.63, 3.8) is 0 Å². The Morgan fingerprint density at radius 3 is 2.88 bits per heavy atom. The van der Waals surface area contributed by atoms with Gasteiger partial charge in [0.25, 0.3) is 0 Å². The quantitative estimate of drug-likeness (QED) is 0.905. The fraction of sp³-hybridized carbons (Fsp3) is 0.250. The molecule has 0 aliphatic heterocycles. The molecule has 0 spiro atoms. The highest BCUT2D eigenvalue weighted by molar-refractivity contribution is 7.15. The molecular formula is C12H14FN3S. The van der Waals surface area contributed by atoms with Crippen LogP contribution in [0, 0.1) is 5.82 Å². The number of aromatic nitrogens is 1. The maximum absolute atomic E-state index is 13.6. The zero-order chi connectivity index (χ0) is 12.3. The lowest BCUT2D eigenvalue weighted by Gasteiger charge is -2.16. The summed E-state index contributed by atoms with van der Waals surface area (Å²) in [5.74, 6) is -0.236. The summed E-state index contributed by atoms with van der Waals surface area (Å²) < 4.78 is 13.6. The van der Waals surface area contributed by atoms with Gasteiger partial charge in [0, 0.05) is 24.7 Å². The van der Waals surface area contributed by atoms with E-state index in [0.29, 0.717) is 5.69 Å². The molecule has 0 bridgehead atoms. The predicted octanol–water partition coefficient (Wildman–Crippen LogP) is 2.77. The number of para-hydroxylation sites is 1. The minimum Gasteiger partial charge on any atom is -0.318 e. The van der Waals surface area contributed by atoms with Crippen LogP contribution in [0.5, 0.6) is 0 Å². The molecule has 0 amide bonds. The molecule has 1 aromatic carbocycles. The summed E-state index contributed by atoms with van der Waals surface area (Å²) >= 11 is 1.55. The minimum absolute atomic E-state index is 0.236. The van der Waals surface area contributed by atoms with E-state index in [1.54, 1.807) is 28.4 Å². The first-order chi connectivity index (χ1) is 8.22. The highest BCUT2D eigenvalue weighted by Crippen LogP contribution is 2.29. The zero-order valence-corrected chi connectivity index (χ0v) is 10.6. The summed E-state index contributed by atoms with van der Waals surface area (Å²) in [5.41, 5.74) is 0.540. The number of hydrogen-bond acceptors (Lipinski definition) is 4. The van der Waals surface area contributed by atoms with E-state index < -0.39 is 0 Å². The summed E-state index contributed by atoms with van der Waals surface area (Å²) in [7, 11) is 3.71. The monoisotopic (exact) mass is 251 g/mol. The van der Waals surface area contributed by atoms with E-state index >= 15 is 0 Å². The number of nitrogens with zero attached hydrogens (tertiary/aromatic N) is 2. The van der Waals surface area contributed by atoms with Gasteiger partial charge in [0.1, 0.15) is 5.82 Å². The Kier molecular flexibility index (Phi) is 3.71. The lowest BCUT2D eigenvalue weighted by molar-refractivity contribution is 0.627. The van der Waals surface area contributed by atoms with Gasteiger partial charge >= 0.3 is 0 Å². The molecule has 0 saturated carbocycles. The van der Waals surface area contributed by atoms with Crippen LogP contribution in [-0.4, -0.2) is 19.1 Å². The van der Waals surface area contributed by atoms with Crippen molar-refractivity contribution in [3.05, 3.63) is 41.2 Å². The molecule has 0 unspecified atom stereocenters. The van der Waals surface area contributed by atoms with Crippen molar-refractivity contribution in [1.29, 1.82) is 0 Å². The van der Waals surface area contributed by atoms with E-state index in [1.807, 2.05) is 26.4 Å². The Balaban J connectivity index is 2.24. The van der Waals surface area contributed by atoms with Crippen LogP contribution in [0.15, 0.2) is 30.5 Å². The van der Waals surface area contributed by atoms with Crippen molar-refractivity contribution in [3.8, 4) is 0 Å². The van der Waals surface area contributed by atoms with Crippen LogP contribution in [0.3, 0.4) is 0 Å². The van der Waals surface area contributed by atoms with E-state index in [0.717, 1.165) is 16.6 Å². The zero-order valence-electron chi connectivity index (χ0n) is 9.77. The summed E-state index contributed by atoms with van der Waals surface area (Å²) in [4.78, 5) is 7.18. The molecule has 0 fully saturated rings. The highest BCUT2D eigenvalue weighted by Gasteiger charge is 2.12. The van der Waals surface area contributed by atoms with Gasteiger partial charge in [-0.15, -0.1) is 11.3 Å². The smallest absolute Gasteiger partial charge is 0.189 e. The van der Waals surface area contributed by atoms with E-state index in [2.05, 4.69) is 10.3 Å².